The van der Waals surface area contributed by atoms with Crippen LogP contribution in [0.25, 0.3) is 0 Å². The lowest BCUT2D eigenvalue weighted by Gasteiger charge is -2.33. The third kappa shape index (κ3) is 3.66. The molecule has 0 atom stereocenters. The van der Waals surface area contributed by atoms with E-state index in [1.54, 1.807) is 16.2 Å². The van der Waals surface area contributed by atoms with Crippen LogP contribution < -0.4 is 0 Å². The van der Waals surface area contributed by atoms with Crippen LogP contribution in [0.2, 0.25) is 0 Å². The molecule has 8 heteroatoms. The summed E-state index contributed by atoms with van der Waals surface area (Å²) in [4.78, 5) is 16.7. The van der Waals surface area contributed by atoms with E-state index >= 15 is 0 Å². The second-order valence-corrected chi connectivity index (χ2v) is 9.99. The van der Waals surface area contributed by atoms with E-state index in [0.29, 0.717) is 13.1 Å². The smallest absolute Gasteiger partial charge is 0.264 e. The largest absolute Gasteiger partial charge is 0.335 e. The predicted molar refractivity (Wildman–Crippen MR) is 102 cm³/mol. The number of hydrogen-bond acceptors (Lipinski definition) is 4. The van der Waals surface area contributed by atoms with Crippen molar-refractivity contribution in [3.05, 3.63) is 51.5 Å². The number of hydrogen-bond donors (Lipinski definition) is 0. The summed E-state index contributed by atoms with van der Waals surface area (Å²) in [6.45, 7) is 1.22. The van der Waals surface area contributed by atoms with Gasteiger partial charge < -0.3 is 4.90 Å². The molecule has 0 N–H and O–H groups in total. The fourth-order valence-electron chi connectivity index (χ4n) is 3.64. The van der Waals surface area contributed by atoms with Gasteiger partial charge in [-0.3, -0.25) is 4.79 Å². The van der Waals surface area contributed by atoms with Crippen LogP contribution in [0.15, 0.2) is 35.2 Å². The summed E-state index contributed by atoms with van der Waals surface area (Å²) in [7, 11) is -3.66. The fraction of sp³-hybridized carbons (Fsp3) is 0.421. The molecule has 1 aliphatic heterocycles. The van der Waals surface area contributed by atoms with Gasteiger partial charge in [-0.2, -0.15) is 4.31 Å². The standard InChI is InChI=1S/C19H21FN2O3S2/c20-15-5-7-16(8-6-15)27(24,25)22-11-9-21(10-12-22)19(23)18-13-14-3-1-2-4-17(14)26-18/h5-8,13H,1-4,9-12H2. The van der Waals surface area contributed by atoms with Gasteiger partial charge in [0.2, 0.25) is 10.0 Å². The van der Waals surface area contributed by atoms with Crippen molar-refractivity contribution in [1.82, 2.24) is 9.21 Å². The Morgan fingerprint density at radius 2 is 1.67 bits per heavy atom. The highest BCUT2D eigenvalue weighted by Gasteiger charge is 2.31. The van der Waals surface area contributed by atoms with Gasteiger partial charge in [0, 0.05) is 31.1 Å². The number of sulfonamides is 1. The Bertz CT molecular complexity index is 922. The monoisotopic (exact) mass is 408 g/mol. The summed E-state index contributed by atoms with van der Waals surface area (Å²) in [6.07, 6.45) is 4.46. The van der Waals surface area contributed by atoms with E-state index in [2.05, 4.69) is 0 Å². The normalized spacial score (nSPS) is 18.3. The third-order valence-corrected chi connectivity index (χ3v) is 8.32. The second-order valence-electron chi connectivity index (χ2n) is 6.92. The number of piperazine rings is 1. The molecule has 0 unspecified atom stereocenters. The molecule has 1 amide bonds. The Kier molecular flexibility index (Phi) is 5.05. The van der Waals surface area contributed by atoms with E-state index in [1.807, 2.05) is 6.07 Å². The third-order valence-electron chi connectivity index (χ3n) is 5.18. The van der Waals surface area contributed by atoms with Gasteiger partial charge >= 0.3 is 0 Å². The van der Waals surface area contributed by atoms with Gasteiger partial charge in [0.25, 0.3) is 5.91 Å². The predicted octanol–water partition coefficient (Wildman–Crippen LogP) is 2.91. The van der Waals surface area contributed by atoms with Crippen molar-refractivity contribution in [2.75, 3.05) is 26.2 Å². The van der Waals surface area contributed by atoms with Crippen LogP contribution in [-0.4, -0.2) is 49.7 Å². The molecular weight excluding hydrogens is 387 g/mol. The Balaban J connectivity index is 1.43. The lowest BCUT2D eigenvalue weighted by molar-refractivity contribution is 0.0702. The number of amides is 1. The van der Waals surface area contributed by atoms with E-state index < -0.39 is 15.8 Å². The molecule has 1 aliphatic carbocycles. The molecule has 0 spiro atoms. The zero-order valence-electron chi connectivity index (χ0n) is 14.9. The van der Waals surface area contributed by atoms with E-state index in [4.69, 9.17) is 0 Å². The summed E-state index contributed by atoms with van der Waals surface area (Å²) in [5, 5.41) is 0. The number of carbonyl (C=O) groups excluding carboxylic acids is 1. The van der Waals surface area contributed by atoms with Crippen LogP contribution in [0.4, 0.5) is 4.39 Å². The average molecular weight is 409 g/mol. The van der Waals surface area contributed by atoms with Crippen molar-refractivity contribution in [3.63, 3.8) is 0 Å². The maximum Gasteiger partial charge on any atom is 0.264 e. The van der Waals surface area contributed by atoms with Gasteiger partial charge in [-0.1, -0.05) is 0 Å². The van der Waals surface area contributed by atoms with E-state index in [-0.39, 0.29) is 23.9 Å². The van der Waals surface area contributed by atoms with Gasteiger partial charge in [-0.25, -0.2) is 12.8 Å². The van der Waals surface area contributed by atoms with Crippen molar-refractivity contribution in [2.24, 2.45) is 0 Å². The van der Waals surface area contributed by atoms with E-state index in [1.165, 1.54) is 39.7 Å². The van der Waals surface area contributed by atoms with Gasteiger partial charge in [0.1, 0.15) is 5.82 Å². The molecule has 0 radical (unpaired) electrons. The number of thiophene rings is 1. The van der Waals surface area contributed by atoms with Crippen molar-refractivity contribution in [1.29, 1.82) is 0 Å². The number of carbonyl (C=O) groups is 1. The van der Waals surface area contributed by atoms with E-state index in [0.717, 1.165) is 29.9 Å². The molecule has 27 heavy (non-hydrogen) atoms. The van der Waals surface area contributed by atoms with Gasteiger partial charge in [0.15, 0.2) is 0 Å². The Hall–Kier alpha value is -1.77. The topological polar surface area (TPSA) is 57.7 Å². The summed E-state index contributed by atoms with van der Waals surface area (Å²) >= 11 is 1.58. The van der Waals surface area contributed by atoms with Crippen molar-refractivity contribution >= 4 is 27.3 Å². The summed E-state index contributed by atoms with van der Waals surface area (Å²) in [5.41, 5.74) is 1.30. The van der Waals surface area contributed by atoms with Crippen LogP contribution in [0, 0.1) is 5.82 Å². The average Bonchev–Trinajstić information content (AvgIpc) is 3.12. The highest BCUT2D eigenvalue weighted by Crippen LogP contribution is 2.30. The van der Waals surface area contributed by atoms with Crippen LogP contribution in [0.3, 0.4) is 0 Å². The molecule has 1 saturated heterocycles. The molecule has 1 aromatic carbocycles. The number of benzene rings is 1. The maximum absolute atomic E-state index is 13.1. The Morgan fingerprint density at radius 1 is 1.00 bits per heavy atom. The van der Waals surface area contributed by atoms with Crippen molar-refractivity contribution in [3.8, 4) is 0 Å². The Labute approximate surface area is 162 Å². The molecule has 1 aromatic heterocycles. The second kappa shape index (κ2) is 7.33. The van der Waals surface area contributed by atoms with Gasteiger partial charge in [-0.15, -0.1) is 11.3 Å². The molecular formula is C19H21FN2O3S2. The zero-order chi connectivity index (χ0) is 19.0. The minimum absolute atomic E-state index is 0.00627. The molecule has 1 fully saturated rings. The minimum Gasteiger partial charge on any atom is -0.335 e. The first kappa shape index (κ1) is 18.6. The molecule has 4 rings (SSSR count). The number of halogens is 1. The van der Waals surface area contributed by atoms with Gasteiger partial charge in [0.05, 0.1) is 9.77 Å². The van der Waals surface area contributed by atoms with Crippen LogP contribution in [-0.2, 0) is 22.9 Å². The summed E-state index contributed by atoms with van der Waals surface area (Å²) < 4.78 is 39.8. The van der Waals surface area contributed by atoms with Gasteiger partial charge in [-0.05, 0) is 61.6 Å². The SMILES string of the molecule is O=C(c1cc2c(s1)CCCC2)N1CCN(S(=O)(=O)c2ccc(F)cc2)CC1. The van der Waals surface area contributed by atoms with E-state index in [9.17, 15) is 17.6 Å². The molecule has 2 heterocycles. The molecule has 0 bridgehead atoms. The lowest BCUT2D eigenvalue weighted by atomic mass is 9.99. The summed E-state index contributed by atoms with van der Waals surface area (Å²) in [5.74, 6) is -0.476. The first-order valence-corrected chi connectivity index (χ1v) is 11.4. The Morgan fingerprint density at radius 3 is 2.33 bits per heavy atom. The van der Waals surface area contributed by atoms with Crippen LogP contribution >= 0.6 is 11.3 Å². The minimum atomic E-state index is -3.66. The molecule has 2 aliphatic rings. The number of aryl methyl sites for hydroxylation is 2. The number of rotatable bonds is 3. The van der Waals surface area contributed by atoms with Crippen molar-refractivity contribution in [2.45, 2.75) is 30.6 Å². The highest BCUT2D eigenvalue weighted by molar-refractivity contribution is 7.89. The fourth-order valence-corrected chi connectivity index (χ4v) is 6.28. The first-order chi connectivity index (χ1) is 12.9. The first-order valence-electron chi connectivity index (χ1n) is 9.12. The highest BCUT2D eigenvalue weighted by atomic mass is 32.2. The molecule has 2 aromatic rings. The molecule has 0 saturated carbocycles. The quantitative estimate of drug-likeness (QED) is 0.785. The van der Waals surface area contributed by atoms with Crippen molar-refractivity contribution < 1.29 is 17.6 Å². The molecule has 5 nitrogen and oxygen atoms in total. The maximum atomic E-state index is 13.1. The molecule has 144 valence electrons. The van der Waals surface area contributed by atoms with Crippen LogP contribution in [0.5, 0.6) is 0 Å². The summed E-state index contributed by atoms with van der Waals surface area (Å²) in [6, 6.07) is 6.86. The number of nitrogens with zero attached hydrogens (tertiary/aromatic N) is 2. The lowest BCUT2D eigenvalue weighted by Crippen LogP contribution is -2.50. The number of fused-ring (bicyclic) bond motifs is 1. The van der Waals surface area contributed by atoms with Crippen LogP contribution in [0.1, 0.15) is 33.0 Å². The zero-order valence-corrected chi connectivity index (χ0v) is 16.5.